The molecule has 1 atom stereocenters. The SMILES string of the molecule is CCOc1ccc2cc(-c3cc4c(s3)CN(C(CC)C(=O)O)S4(=O)=O)ccc2c1. The number of fused-ring (bicyclic) bond motifs is 2. The second-order valence-electron chi connectivity index (χ2n) is 6.87. The normalized spacial score (nSPS) is 16.6. The molecule has 4 rings (SSSR count). The molecule has 0 amide bonds. The van der Waals surface area contributed by atoms with Gasteiger partial charge in [-0.1, -0.05) is 25.1 Å². The van der Waals surface area contributed by atoms with Gasteiger partial charge in [-0.05, 0) is 53.9 Å². The molecular formula is C21H21NO5S2. The molecule has 152 valence electrons. The molecule has 1 aliphatic rings. The minimum absolute atomic E-state index is 0.110. The number of aliphatic carboxylic acids is 1. The van der Waals surface area contributed by atoms with Crippen molar-refractivity contribution in [2.75, 3.05) is 6.61 Å². The van der Waals surface area contributed by atoms with E-state index in [1.807, 2.05) is 43.3 Å². The van der Waals surface area contributed by atoms with Crippen LogP contribution in [0, 0.1) is 0 Å². The summed E-state index contributed by atoms with van der Waals surface area (Å²) in [6.07, 6.45) is 0.227. The number of carboxylic acids is 1. The Morgan fingerprint density at radius 3 is 2.55 bits per heavy atom. The van der Waals surface area contributed by atoms with Crippen molar-refractivity contribution in [2.24, 2.45) is 0 Å². The van der Waals surface area contributed by atoms with E-state index in [0.717, 1.165) is 31.3 Å². The molecule has 1 aromatic heterocycles. The van der Waals surface area contributed by atoms with E-state index >= 15 is 0 Å². The third-order valence-electron chi connectivity index (χ3n) is 5.08. The van der Waals surface area contributed by atoms with Crippen LogP contribution in [0.4, 0.5) is 0 Å². The quantitative estimate of drug-likeness (QED) is 0.628. The van der Waals surface area contributed by atoms with Crippen molar-refractivity contribution < 1.29 is 23.1 Å². The lowest BCUT2D eigenvalue weighted by molar-refractivity contribution is -0.141. The summed E-state index contributed by atoms with van der Waals surface area (Å²) in [5.41, 5.74) is 0.938. The predicted molar refractivity (Wildman–Crippen MR) is 113 cm³/mol. The highest BCUT2D eigenvalue weighted by molar-refractivity contribution is 7.89. The molecule has 8 heteroatoms. The number of thiophene rings is 1. The van der Waals surface area contributed by atoms with Crippen LogP contribution >= 0.6 is 11.3 Å². The van der Waals surface area contributed by atoms with Crippen molar-refractivity contribution in [3.05, 3.63) is 47.3 Å². The minimum atomic E-state index is -3.80. The van der Waals surface area contributed by atoms with Crippen LogP contribution in [-0.4, -0.2) is 36.4 Å². The highest BCUT2D eigenvalue weighted by atomic mass is 32.2. The molecule has 2 aromatic carbocycles. The molecule has 6 nitrogen and oxygen atoms in total. The molecule has 1 N–H and O–H groups in total. The second kappa shape index (κ2) is 7.44. The highest BCUT2D eigenvalue weighted by Gasteiger charge is 2.43. The zero-order valence-corrected chi connectivity index (χ0v) is 17.7. The summed E-state index contributed by atoms with van der Waals surface area (Å²) < 4.78 is 32.4. The Kier molecular flexibility index (Phi) is 5.10. The fourth-order valence-corrected chi connectivity index (χ4v) is 7.04. The molecule has 0 spiro atoms. The molecule has 0 bridgehead atoms. The summed E-state index contributed by atoms with van der Waals surface area (Å²) in [5, 5.41) is 11.5. The van der Waals surface area contributed by atoms with Gasteiger partial charge in [0.2, 0.25) is 10.0 Å². The summed E-state index contributed by atoms with van der Waals surface area (Å²) in [7, 11) is -3.80. The van der Waals surface area contributed by atoms with Gasteiger partial charge in [0.15, 0.2) is 0 Å². The first-order chi connectivity index (χ1) is 13.8. The van der Waals surface area contributed by atoms with Crippen molar-refractivity contribution >= 4 is 38.1 Å². The Morgan fingerprint density at radius 1 is 1.17 bits per heavy atom. The summed E-state index contributed by atoms with van der Waals surface area (Å²) >= 11 is 1.40. The maximum atomic E-state index is 12.9. The Bertz CT molecular complexity index is 1200. The van der Waals surface area contributed by atoms with E-state index in [4.69, 9.17) is 4.74 Å². The van der Waals surface area contributed by atoms with E-state index in [2.05, 4.69) is 0 Å². The lowest BCUT2D eigenvalue weighted by atomic mass is 10.1. The van der Waals surface area contributed by atoms with E-state index in [1.165, 1.54) is 11.3 Å². The lowest BCUT2D eigenvalue weighted by Crippen LogP contribution is -2.40. The van der Waals surface area contributed by atoms with E-state index in [0.29, 0.717) is 11.5 Å². The first-order valence-corrected chi connectivity index (χ1v) is 11.6. The van der Waals surface area contributed by atoms with Gasteiger partial charge in [0.1, 0.15) is 11.8 Å². The topological polar surface area (TPSA) is 83.9 Å². The van der Waals surface area contributed by atoms with Crippen molar-refractivity contribution in [2.45, 2.75) is 37.8 Å². The average Bonchev–Trinajstić information content (AvgIpc) is 3.21. The number of hydrogen-bond donors (Lipinski definition) is 1. The van der Waals surface area contributed by atoms with E-state index in [9.17, 15) is 18.3 Å². The molecule has 29 heavy (non-hydrogen) atoms. The minimum Gasteiger partial charge on any atom is -0.494 e. The number of ether oxygens (including phenoxy) is 1. The van der Waals surface area contributed by atoms with Gasteiger partial charge in [-0.2, -0.15) is 4.31 Å². The fraction of sp³-hybridized carbons (Fsp3) is 0.286. The Balaban J connectivity index is 1.68. The van der Waals surface area contributed by atoms with Crippen molar-refractivity contribution in [3.63, 3.8) is 0 Å². The van der Waals surface area contributed by atoms with Crippen molar-refractivity contribution in [1.82, 2.24) is 4.31 Å². The summed E-state index contributed by atoms with van der Waals surface area (Å²) in [4.78, 5) is 13.2. The summed E-state index contributed by atoms with van der Waals surface area (Å²) in [5.74, 6) is -0.301. The third kappa shape index (κ3) is 3.41. The third-order valence-corrected chi connectivity index (χ3v) is 8.30. The molecule has 0 saturated carbocycles. The fourth-order valence-electron chi connectivity index (χ4n) is 3.65. The van der Waals surface area contributed by atoms with E-state index in [1.54, 1.807) is 13.0 Å². The zero-order valence-electron chi connectivity index (χ0n) is 16.1. The van der Waals surface area contributed by atoms with Gasteiger partial charge in [0.25, 0.3) is 0 Å². The van der Waals surface area contributed by atoms with Gasteiger partial charge in [-0.15, -0.1) is 11.3 Å². The summed E-state index contributed by atoms with van der Waals surface area (Å²) in [6, 6.07) is 12.5. The second-order valence-corrected chi connectivity index (χ2v) is 9.86. The van der Waals surface area contributed by atoms with Crippen molar-refractivity contribution in [1.29, 1.82) is 0 Å². The van der Waals surface area contributed by atoms with Gasteiger partial charge in [0.05, 0.1) is 18.0 Å². The van der Waals surface area contributed by atoms with Crippen LogP contribution in [0.1, 0.15) is 25.1 Å². The smallest absolute Gasteiger partial charge is 0.322 e. The van der Waals surface area contributed by atoms with E-state index < -0.39 is 22.0 Å². The maximum absolute atomic E-state index is 12.9. The number of carboxylic acid groups (broad SMARTS) is 1. The van der Waals surface area contributed by atoms with Crippen LogP contribution in [0.25, 0.3) is 21.2 Å². The summed E-state index contributed by atoms with van der Waals surface area (Å²) in [6.45, 7) is 4.34. The molecule has 2 heterocycles. The van der Waals surface area contributed by atoms with Crippen LogP contribution < -0.4 is 4.74 Å². The zero-order chi connectivity index (χ0) is 20.8. The molecule has 0 saturated heterocycles. The lowest BCUT2D eigenvalue weighted by Gasteiger charge is -2.21. The Morgan fingerprint density at radius 2 is 1.90 bits per heavy atom. The first-order valence-electron chi connectivity index (χ1n) is 9.39. The molecule has 0 radical (unpaired) electrons. The van der Waals surface area contributed by atoms with Gasteiger partial charge >= 0.3 is 5.97 Å². The molecule has 0 fully saturated rings. The van der Waals surface area contributed by atoms with Crippen LogP contribution in [0.3, 0.4) is 0 Å². The first kappa shape index (κ1) is 19.9. The molecule has 1 aliphatic heterocycles. The van der Waals surface area contributed by atoms with Crippen LogP contribution in [0.2, 0.25) is 0 Å². The van der Waals surface area contributed by atoms with Crippen molar-refractivity contribution in [3.8, 4) is 16.2 Å². The Hall–Kier alpha value is -2.42. The standard InChI is InChI=1S/C21H21NO5S2/c1-3-17(21(23)24)22-12-19-20(29(22,25)26)11-18(28-19)15-6-5-14-10-16(27-4-2)8-7-13(14)9-15/h5-11,17H,3-4,12H2,1-2H3,(H,23,24). The van der Waals surface area contributed by atoms with E-state index in [-0.39, 0.29) is 17.9 Å². The number of hydrogen-bond acceptors (Lipinski definition) is 5. The van der Waals surface area contributed by atoms with Crippen LogP contribution in [0.15, 0.2) is 47.4 Å². The largest absolute Gasteiger partial charge is 0.494 e. The average molecular weight is 432 g/mol. The highest BCUT2D eigenvalue weighted by Crippen LogP contribution is 2.42. The molecule has 0 aliphatic carbocycles. The number of carbonyl (C=O) groups is 1. The molecule has 1 unspecified atom stereocenters. The van der Waals surface area contributed by atoms with Crippen LogP contribution in [0.5, 0.6) is 5.75 Å². The monoisotopic (exact) mass is 431 g/mol. The number of sulfonamides is 1. The van der Waals surface area contributed by atoms with Gasteiger partial charge < -0.3 is 9.84 Å². The van der Waals surface area contributed by atoms with Gasteiger partial charge in [-0.25, -0.2) is 8.42 Å². The number of benzene rings is 2. The predicted octanol–water partition coefficient (Wildman–Crippen LogP) is 4.33. The Labute approximate surface area is 173 Å². The number of nitrogens with zero attached hydrogens (tertiary/aromatic N) is 1. The maximum Gasteiger partial charge on any atom is 0.322 e. The number of rotatable bonds is 6. The molecular weight excluding hydrogens is 410 g/mol. The van der Waals surface area contributed by atoms with Gasteiger partial charge in [0, 0.05) is 9.75 Å². The van der Waals surface area contributed by atoms with Gasteiger partial charge in [-0.3, -0.25) is 4.79 Å². The van der Waals surface area contributed by atoms with Crippen LogP contribution in [-0.2, 0) is 21.4 Å². The molecule has 3 aromatic rings.